The molecule has 0 fully saturated rings. The summed E-state index contributed by atoms with van der Waals surface area (Å²) >= 11 is 0. The second-order valence-electron chi connectivity index (χ2n) is 4.38. The predicted molar refractivity (Wildman–Crippen MR) is 77.6 cm³/mol. The van der Waals surface area contributed by atoms with Crippen molar-refractivity contribution in [2.75, 3.05) is 12.6 Å². The van der Waals surface area contributed by atoms with Gasteiger partial charge in [-0.2, -0.15) is 0 Å². The van der Waals surface area contributed by atoms with Gasteiger partial charge in [0.1, 0.15) is 5.75 Å². The fourth-order valence-electron chi connectivity index (χ4n) is 1.73. The lowest BCUT2D eigenvalue weighted by Gasteiger charge is -2.12. The van der Waals surface area contributed by atoms with Gasteiger partial charge in [-0.25, -0.2) is 10.3 Å². The van der Waals surface area contributed by atoms with Gasteiger partial charge in [-0.05, 0) is 36.8 Å². The first kappa shape index (κ1) is 13.9. The molecule has 0 heterocycles. The summed E-state index contributed by atoms with van der Waals surface area (Å²) in [6.07, 6.45) is 0. The maximum absolute atomic E-state index is 11.9. The van der Waals surface area contributed by atoms with Crippen molar-refractivity contribution < 1.29 is 14.4 Å². The number of anilines is 1. The van der Waals surface area contributed by atoms with Crippen molar-refractivity contribution in [3.63, 3.8) is 0 Å². The van der Waals surface area contributed by atoms with Gasteiger partial charge in [-0.1, -0.05) is 30.3 Å². The highest BCUT2D eigenvalue weighted by molar-refractivity contribution is 5.78. The van der Waals surface area contributed by atoms with Crippen LogP contribution in [0.2, 0.25) is 0 Å². The Balaban J connectivity index is 1.91. The summed E-state index contributed by atoms with van der Waals surface area (Å²) in [4.78, 5) is 17.0. The van der Waals surface area contributed by atoms with Gasteiger partial charge in [-0.15, -0.1) is 0 Å². The maximum atomic E-state index is 11.9. The zero-order valence-electron chi connectivity index (χ0n) is 11.5. The van der Waals surface area contributed by atoms with Gasteiger partial charge in [0.15, 0.2) is 0 Å². The summed E-state index contributed by atoms with van der Waals surface area (Å²) in [5, 5.41) is 0. The molecule has 0 saturated heterocycles. The molecule has 0 aliphatic heterocycles. The minimum atomic E-state index is -0.327. The van der Waals surface area contributed by atoms with E-state index in [1.807, 2.05) is 37.3 Å². The van der Waals surface area contributed by atoms with E-state index in [4.69, 9.17) is 9.57 Å². The smallest absolute Gasteiger partial charge is 0.339 e. The van der Waals surface area contributed by atoms with Crippen LogP contribution in [0.1, 0.15) is 18.4 Å². The van der Waals surface area contributed by atoms with Gasteiger partial charge in [0, 0.05) is 0 Å². The van der Waals surface area contributed by atoms with E-state index in [1.165, 1.54) is 0 Å². The molecule has 1 unspecified atom stereocenters. The van der Waals surface area contributed by atoms with Crippen LogP contribution in [0.4, 0.5) is 5.69 Å². The van der Waals surface area contributed by atoms with Crippen molar-refractivity contribution in [1.29, 1.82) is 0 Å². The van der Waals surface area contributed by atoms with Crippen molar-refractivity contribution >= 4 is 11.7 Å². The average molecular weight is 271 g/mol. The van der Waals surface area contributed by atoms with E-state index in [1.54, 1.807) is 31.4 Å². The lowest BCUT2D eigenvalue weighted by Crippen LogP contribution is -2.16. The molecular formula is C16H17NO3. The third kappa shape index (κ3) is 3.51. The molecule has 2 aromatic carbocycles. The van der Waals surface area contributed by atoms with E-state index >= 15 is 0 Å². The minimum absolute atomic E-state index is 0.318. The summed E-state index contributed by atoms with van der Waals surface area (Å²) in [6, 6.07) is 16.6. The van der Waals surface area contributed by atoms with Crippen molar-refractivity contribution in [2.24, 2.45) is 0 Å². The van der Waals surface area contributed by atoms with Crippen molar-refractivity contribution in [3.05, 3.63) is 60.2 Å². The number of ether oxygens (including phenoxy) is 1. The maximum Gasteiger partial charge on any atom is 0.339 e. The first-order chi connectivity index (χ1) is 9.70. The fraction of sp³-hybridized carbons (Fsp3) is 0.188. The number of rotatable bonds is 5. The Labute approximate surface area is 118 Å². The number of benzene rings is 2. The predicted octanol–water partition coefficient (Wildman–Crippen LogP) is 3.37. The molecular weight excluding hydrogens is 254 g/mol. The van der Waals surface area contributed by atoms with E-state index in [9.17, 15) is 4.79 Å². The van der Waals surface area contributed by atoms with Crippen LogP contribution in [0.15, 0.2) is 54.6 Å². The van der Waals surface area contributed by atoms with E-state index in [0.717, 1.165) is 11.3 Å². The summed E-state index contributed by atoms with van der Waals surface area (Å²) < 4.78 is 5.06. The molecule has 1 atom stereocenters. The zero-order chi connectivity index (χ0) is 14.4. The highest BCUT2D eigenvalue weighted by Gasteiger charge is 2.16. The monoisotopic (exact) mass is 271 g/mol. The van der Waals surface area contributed by atoms with Crippen molar-refractivity contribution in [3.8, 4) is 5.75 Å². The number of nitrogens with one attached hydrogen (secondary N) is 1. The number of methoxy groups -OCH3 is 1. The largest absolute Gasteiger partial charge is 0.497 e. The standard InChI is InChI=1S/C16H17NO3/c1-12(13-6-4-3-5-7-13)16(18)20-17-14-8-10-15(19-2)11-9-14/h3-12,17H,1-2H3. The second-order valence-corrected chi connectivity index (χ2v) is 4.38. The van der Waals surface area contributed by atoms with Crippen LogP contribution in [-0.4, -0.2) is 13.1 Å². The highest BCUT2D eigenvalue weighted by atomic mass is 16.7. The van der Waals surface area contributed by atoms with Crippen LogP contribution in [0.25, 0.3) is 0 Å². The molecule has 0 aromatic heterocycles. The van der Waals surface area contributed by atoms with Gasteiger partial charge in [0.2, 0.25) is 0 Å². The van der Waals surface area contributed by atoms with Gasteiger partial charge < -0.3 is 9.57 Å². The van der Waals surface area contributed by atoms with Gasteiger partial charge in [0.25, 0.3) is 0 Å². The zero-order valence-corrected chi connectivity index (χ0v) is 11.5. The van der Waals surface area contributed by atoms with Crippen molar-refractivity contribution in [1.82, 2.24) is 0 Å². The van der Waals surface area contributed by atoms with Gasteiger partial charge in [-0.3, -0.25) is 0 Å². The molecule has 0 aliphatic rings. The Morgan fingerprint density at radius 3 is 2.30 bits per heavy atom. The first-order valence-corrected chi connectivity index (χ1v) is 6.36. The highest BCUT2D eigenvalue weighted by Crippen LogP contribution is 2.18. The summed E-state index contributed by atoms with van der Waals surface area (Å²) in [5.74, 6) is 0.105. The Kier molecular flexibility index (Phi) is 4.60. The molecule has 4 nitrogen and oxygen atoms in total. The molecule has 1 N–H and O–H groups in total. The molecule has 0 radical (unpaired) electrons. The third-order valence-electron chi connectivity index (χ3n) is 3.01. The molecule has 0 spiro atoms. The molecule has 2 rings (SSSR count). The lowest BCUT2D eigenvalue weighted by atomic mass is 10.0. The molecule has 4 heteroatoms. The van der Waals surface area contributed by atoms with E-state index in [2.05, 4.69) is 5.48 Å². The normalized spacial score (nSPS) is 11.5. The third-order valence-corrected chi connectivity index (χ3v) is 3.01. The SMILES string of the molecule is COc1ccc(NOC(=O)C(C)c2ccccc2)cc1. The van der Waals surface area contributed by atoms with Crippen LogP contribution < -0.4 is 10.2 Å². The van der Waals surface area contributed by atoms with Crippen LogP contribution in [0, 0.1) is 0 Å². The van der Waals surface area contributed by atoms with Gasteiger partial charge in [0.05, 0.1) is 18.7 Å². The molecule has 104 valence electrons. The fourth-order valence-corrected chi connectivity index (χ4v) is 1.73. The Hall–Kier alpha value is -2.49. The first-order valence-electron chi connectivity index (χ1n) is 6.36. The van der Waals surface area contributed by atoms with Crippen LogP contribution in [0.5, 0.6) is 5.75 Å². The Morgan fingerprint density at radius 1 is 1.05 bits per heavy atom. The average Bonchev–Trinajstić information content (AvgIpc) is 2.53. The lowest BCUT2D eigenvalue weighted by molar-refractivity contribution is -0.142. The van der Waals surface area contributed by atoms with Gasteiger partial charge >= 0.3 is 5.97 Å². The molecule has 0 bridgehead atoms. The number of hydrogen-bond acceptors (Lipinski definition) is 4. The van der Waals surface area contributed by atoms with Crippen LogP contribution in [-0.2, 0) is 9.63 Å². The number of carbonyl (C=O) groups is 1. The topological polar surface area (TPSA) is 47.6 Å². The number of hydrogen-bond donors (Lipinski definition) is 1. The van der Waals surface area contributed by atoms with E-state index < -0.39 is 0 Å². The summed E-state index contributed by atoms with van der Waals surface area (Å²) in [6.45, 7) is 1.81. The van der Waals surface area contributed by atoms with E-state index in [0.29, 0.717) is 5.69 Å². The minimum Gasteiger partial charge on any atom is -0.497 e. The van der Waals surface area contributed by atoms with Crippen LogP contribution >= 0.6 is 0 Å². The van der Waals surface area contributed by atoms with Crippen LogP contribution in [0.3, 0.4) is 0 Å². The van der Waals surface area contributed by atoms with E-state index in [-0.39, 0.29) is 11.9 Å². The Morgan fingerprint density at radius 2 is 1.70 bits per heavy atom. The molecule has 0 saturated carbocycles. The molecule has 0 aliphatic carbocycles. The summed E-state index contributed by atoms with van der Waals surface area (Å²) in [7, 11) is 1.60. The molecule has 2 aromatic rings. The molecule has 0 amide bonds. The number of carbonyl (C=O) groups excluding carboxylic acids is 1. The quantitative estimate of drug-likeness (QED) is 0.847. The van der Waals surface area contributed by atoms with Crippen molar-refractivity contribution in [2.45, 2.75) is 12.8 Å². The molecule has 20 heavy (non-hydrogen) atoms. The second kappa shape index (κ2) is 6.61. The summed E-state index contributed by atoms with van der Waals surface area (Å²) in [5.41, 5.74) is 4.26. The Bertz CT molecular complexity index is 552.